The first kappa shape index (κ1) is 13.1. The molecular weight excluding hydrogens is 266 g/mol. The summed E-state index contributed by atoms with van der Waals surface area (Å²) in [6.07, 6.45) is 0. The number of hydrogen-bond acceptors (Lipinski definition) is 4. The Morgan fingerprint density at radius 3 is 2.47 bits per heavy atom. The fourth-order valence-corrected chi connectivity index (χ4v) is 2.26. The Morgan fingerprint density at radius 1 is 1.21 bits per heavy atom. The maximum atomic E-state index is 10.9. The van der Waals surface area contributed by atoms with E-state index >= 15 is 0 Å². The molecule has 2 rings (SSSR count). The normalized spacial score (nSPS) is 10.1. The highest BCUT2D eigenvalue weighted by Gasteiger charge is 2.11. The molecule has 0 radical (unpaired) electrons. The number of amides is 1. The summed E-state index contributed by atoms with van der Waals surface area (Å²) in [5, 5.41) is 10.7. The fourth-order valence-electron chi connectivity index (χ4n) is 1.51. The molecule has 3 N–H and O–H groups in total. The second-order valence-corrected chi connectivity index (χ2v) is 4.67. The molecular formula is C13H11NO4S. The molecule has 19 heavy (non-hydrogen) atoms. The van der Waals surface area contributed by atoms with E-state index in [0.717, 1.165) is 11.3 Å². The van der Waals surface area contributed by atoms with Crippen LogP contribution in [-0.4, -0.2) is 17.0 Å². The van der Waals surface area contributed by atoms with Gasteiger partial charge in [-0.05, 0) is 35.7 Å². The zero-order valence-electron chi connectivity index (χ0n) is 9.83. The fraction of sp³-hybridized carbons (Fsp3) is 0.0769. The van der Waals surface area contributed by atoms with Crippen molar-refractivity contribution in [2.75, 3.05) is 0 Å². The molecule has 0 spiro atoms. The predicted molar refractivity (Wildman–Crippen MR) is 70.6 cm³/mol. The lowest BCUT2D eigenvalue weighted by Gasteiger charge is -2.06. The molecule has 0 aliphatic carbocycles. The first-order chi connectivity index (χ1) is 9.08. The highest BCUT2D eigenvalue weighted by atomic mass is 32.1. The van der Waals surface area contributed by atoms with E-state index in [0.29, 0.717) is 16.9 Å². The molecule has 2 aromatic rings. The monoisotopic (exact) mass is 277 g/mol. The highest BCUT2D eigenvalue weighted by Crippen LogP contribution is 2.20. The van der Waals surface area contributed by atoms with Crippen LogP contribution in [0.25, 0.3) is 0 Å². The van der Waals surface area contributed by atoms with Crippen LogP contribution in [0.2, 0.25) is 0 Å². The molecule has 0 bridgehead atoms. The van der Waals surface area contributed by atoms with Gasteiger partial charge in [-0.25, -0.2) is 4.79 Å². The number of aromatic carboxylic acids is 1. The predicted octanol–water partition coefficient (Wildman–Crippen LogP) is 2.12. The summed E-state index contributed by atoms with van der Waals surface area (Å²) in [5.74, 6) is -0.914. The molecule has 1 aromatic heterocycles. The quantitative estimate of drug-likeness (QED) is 0.876. The lowest BCUT2D eigenvalue weighted by atomic mass is 10.2. The van der Waals surface area contributed by atoms with Crippen LogP contribution in [-0.2, 0) is 6.61 Å². The van der Waals surface area contributed by atoms with E-state index < -0.39 is 11.9 Å². The average molecular weight is 277 g/mol. The summed E-state index contributed by atoms with van der Waals surface area (Å²) in [7, 11) is 0. The van der Waals surface area contributed by atoms with Crippen LogP contribution in [0, 0.1) is 0 Å². The molecule has 0 aliphatic heterocycles. The summed E-state index contributed by atoms with van der Waals surface area (Å²) in [6.45, 7) is 0.168. The first-order valence-electron chi connectivity index (χ1n) is 5.40. The number of carbonyl (C=O) groups is 2. The number of rotatable bonds is 5. The minimum atomic E-state index is -0.960. The topological polar surface area (TPSA) is 89.6 Å². The van der Waals surface area contributed by atoms with Gasteiger partial charge in [0.05, 0.1) is 0 Å². The van der Waals surface area contributed by atoms with Crippen molar-refractivity contribution >= 4 is 23.2 Å². The van der Waals surface area contributed by atoms with Crippen molar-refractivity contribution in [2.24, 2.45) is 5.73 Å². The molecule has 98 valence electrons. The minimum absolute atomic E-state index is 0.168. The van der Waals surface area contributed by atoms with Gasteiger partial charge in [0.25, 0.3) is 0 Å². The molecule has 0 aliphatic rings. The van der Waals surface area contributed by atoms with Gasteiger partial charge in [-0.15, -0.1) is 11.3 Å². The summed E-state index contributed by atoms with van der Waals surface area (Å²) in [5.41, 5.74) is 6.14. The van der Waals surface area contributed by atoms with Gasteiger partial charge >= 0.3 is 5.97 Å². The van der Waals surface area contributed by atoms with Crippen LogP contribution in [0.5, 0.6) is 5.75 Å². The maximum absolute atomic E-state index is 10.9. The van der Waals surface area contributed by atoms with E-state index in [1.165, 1.54) is 0 Å². The van der Waals surface area contributed by atoms with E-state index in [-0.39, 0.29) is 11.5 Å². The molecule has 0 saturated carbocycles. The zero-order chi connectivity index (χ0) is 13.8. The maximum Gasteiger partial charge on any atom is 0.346 e. The summed E-state index contributed by atoms with van der Waals surface area (Å²) < 4.78 is 5.47. The third kappa shape index (κ3) is 3.11. The third-order valence-corrected chi connectivity index (χ3v) is 3.42. The average Bonchev–Trinajstić information content (AvgIpc) is 2.85. The van der Waals surface area contributed by atoms with Crippen molar-refractivity contribution in [1.29, 1.82) is 0 Å². The van der Waals surface area contributed by atoms with Gasteiger partial charge in [0.15, 0.2) is 0 Å². The van der Waals surface area contributed by atoms with Crippen molar-refractivity contribution < 1.29 is 19.4 Å². The van der Waals surface area contributed by atoms with Crippen LogP contribution in [0.4, 0.5) is 0 Å². The van der Waals surface area contributed by atoms with Crippen molar-refractivity contribution in [2.45, 2.75) is 6.61 Å². The van der Waals surface area contributed by atoms with Crippen molar-refractivity contribution in [1.82, 2.24) is 0 Å². The van der Waals surface area contributed by atoms with Gasteiger partial charge in [0.1, 0.15) is 17.2 Å². The van der Waals surface area contributed by atoms with Crippen molar-refractivity contribution in [3.8, 4) is 5.75 Å². The number of nitrogens with two attached hydrogens (primary N) is 1. The number of carbonyl (C=O) groups excluding carboxylic acids is 1. The van der Waals surface area contributed by atoms with Crippen LogP contribution in [0.1, 0.15) is 25.6 Å². The van der Waals surface area contributed by atoms with Crippen LogP contribution < -0.4 is 10.5 Å². The molecule has 1 amide bonds. The Kier molecular flexibility index (Phi) is 3.82. The molecule has 0 unspecified atom stereocenters. The molecule has 1 heterocycles. The molecule has 0 atom stereocenters. The smallest absolute Gasteiger partial charge is 0.346 e. The Labute approximate surface area is 113 Å². The van der Waals surface area contributed by atoms with Gasteiger partial charge in [0.2, 0.25) is 5.91 Å². The van der Waals surface area contributed by atoms with E-state index in [2.05, 4.69) is 0 Å². The number of carboxylic acids is 1. The Bertz CT molecular complexity index is 603. The molecule has 0 saturated heterocycles. The van der Waals surface area contributed by atoms with Crippen molar-refractivity contribution in [3.63, 3.8) is 0 Å². The van der Waals surface area contributed by atoms with E-state index in [4.69, 9.17) is 15.6 Å². The number of hydrogen-bond donors (Lipinski definition) is 2. The van der Waals surface area contributed by atoms with Gasteiger partial charge in [0, 0.05) is 11.1 Å². The van der Waals surface area contributed by atoms with Crippen LogP contribution >= 0.6 is 11.3 Å². The third-order valence-electron chi connectivity index (χ3n) is 2.47. The second kappa shape index (κ2) is 5.53. The Balaban J connectivity index is 2.04. The van der Waals surface area contributed by atoms with Crippen LogP contribution in [0.3, 0.4) is 0 Å². The molecule has 0 fully saturated rings. The number of benzene rings is 1. The number of carboxylic acid groups (broad SMARTS) is 1. The summed E-state index contributed by atoms with van der Waals surface area (Å²) in [6, 6.07) is 8.07. The lowest BCUT2D eigenvalue weighted by molar-refractivity contribution is 0.0699. The number of thiophene rings is 1. The van der Waals surface area contributed by atoms with E-state index in [9.17, 15) is 9.59 Å². The van der Waals surface area contributed by atoms with E-state index in [1.54, 1.807) is 35.7 Å². The summed E-state index contributed by atoms with van der Waals surface area (Å²) in [4.78, 5) is 22.1. The summed E-state index contributed by atoms with van der Waals surface area (Å²) >= 11 is 1.16. The standard InChI is InChI=1S/C13H11NO4S/c14-12(15)8-1-3-10(4-2-8)18-7-9-5-6-19-11(9)13(16)17/h1-6H,7H2,(H2,14,15)(H,16,17). The lowest BCUT2D eigenvalue weighted by Crippen LogP contribution is -2.10. The second-order valence-electron chi connectivity index (χ2n) is 3.76. The molecule has 5 nitrogen and oxygen atoms in total. The SMILES string of the molecule is NC(=O)c1ccc(OCc2ccsc2C(=O)O)cc1. The largest absolute Gasteiger partial charge is 0.489 e. The number of ether oxygens (including phenoxy) is 1. The zero-order valence-corrected chi connectivity index (χ0v) is 10.6. The van der Waals surface area contributed by atoms with Gasteiger partial charge in [-0.3, -0.25) is 4.79 Å². The Morgan fingerprint density at radius 2 is 1.89 bits per heavy atom. The minimum Gasteiger partial charge on any atom is -0.489 e. The van der Waals surface area contributed by atoms with Gasteiger partial charge < -0.3 is 15.6 Å². The first-order valence-corrected chi connectivity index (χ1v) is 6.28. The van der Waals surface area contributed by atoms with E-state index in [1.807, 2.05) is 0 Å². The van der Waals surface area contributed by atoms with Gasteiger partial charge in [-0.1, -0.05) is 0 Å². The van der Waals surface area contributed by atoms with Crippen molar-refractivity contribution in [3.05, 3.63) is 51.7 Å². The van der Waals surface area contributed by atoms with Crippen LogP contribution in [0.15, 0.2) is 35.7 Å². The molecule has 1 aromatic carbocycles. The Hall–Kier alpha value is -2.34. The number of primary amides is 1. The van der Waals surface area contributed by atoms with Gasteiger partial charge in [-0.2, -0.15) is 0 Å². The highest BCUT2D eigenvalue weighted by molar-refractivity contribution is 7.12. The molecule has 6 heteroatoms.